The number of ether oxygens (including phenoxy) is 1. The summed E-state index contributed by atoms with van der Waals surface area (Å²) < 4.78 is 4.88. The lowest BCUT2D eigenvalue weighted by Crippen LogP contribution is -2.28. The third-order valence-electron chi connectivity index (χ3n) is 1.83. The predicted octanol–water partition coefficient (Wildman–Crippen LogP) is 1.51. The minimum absolute atomic E-state index is 0.490. The van der Waals surface area contributed by atoms with Crippen LogP contribution >= 0.6 is 11.3 Å². The summed E-state index contributed by atoms with van der Waals surface area (Å²) in [6, 6.07) is 0. The molecule has 1 N–H and O–H groups in total. The fraction of sp³-hybridized carbons (Fsp3) is 0.500. The molecule has 0 aromatic carbocycles. The number of nitrogens with zero attached hydrogens (tertiary/aromatic N) is 1. The van der Waals surface area contributed by atoms with Crippen molar-refractivity contribution in [3.8, 4) is 5.19 Å². The first-order valence-electron chi connectivity index (χ1n) is 3.72. The zero-order valence-electron chi connectivity index (χ0n) is 7.70. The number of aliphatic carboxylic acids is 1. The average Bonchev–Trinajstić information content (AvgIpc) is 2.51. The third kappa shape index (κ3) is 1.80. The van der Waals surface area contributed by atoms with E-state index < -0.39 is 11.4 Å². The Morgan fingerprint density at radius 2 is 2.31 bits per heavy atom. The SMILES string of the molecule is COc1nc(C(C)(C)C(=O)O)cs1. The lowest BCUT2D eigenvalue weighted by molar-refractivity contribution is -0.142. The number of carbonyl (C=O) groups is 1. The van der Waals surface area contributed by atoms with E-state index in [1.165, 1.54) is 18.4 Å². The van der Waals surface area contributed by atoms with Gasteiger partial charge in [-0.3, -0.25) is 4.79 Å². The van der Waals surface area contributed by atoms with E-state index in [1.807, 2.05) is 0 Å². The van der Waals surface area contributed by atoms with Gasteiger partial charge in [0.1, 0.15) is 5.41 Å². The second-order valence-corrected chi connectivity index (χ2v) is 3.95. The Bertz CT molecular complexity index is 319. The predicted molar refractivity (Wildman–Crippen MR) is 49.3 cm³/mol. The molecule has 0 amide bonds. The highest BCUT2D eigenvalue weighted by Gasteiger charge is 2.32. The standard InChI is InChI=1S/C8H11NO3S/c1-8(2,6(10)11)5-4-13-7(9-5)12-3/h4H,1-3H3,(H,10,11). The maximum Gasteiger partial charge on any atom is 0.315 e. The van der Waals surface area contributed by atoms with E-state index in [0.717, 1.165) is 0 Å². The van der Waals surface area contributed by atoms with Crippen LogP contribution in [0.3, 0.4) is 0 Å². The summed E-state index contributed by atoms with van der Waals surface area (Å²) in [6.07, 6.45) is 0. The number of carboxylic acids is 1. The van der Waals surface area contributed by atoms with Crippen LogP contribution in [0.2, 0.25) is 0 Å². The molecule has 4 nitrogen and oxygen atoms in total. The van der Waals surface area contributed by atoms with Gasteiger partial charge in [0.05, 0.1) is 12.8 Å². The second kappa shape index (κ2) is 3.33. The highest BCUT2D eigenvalue weighted by Crippen LogP contribution is 2.28. The molecule has 1 heterocycles. The van der Waals surface area contributed by atoms with E-state index in [9.17, 15) is 4.79 Å². The molecule has 5 heteroatoms. The third-order valence-corrected chi connectivity index (χ3v) is 2.63. The molecule has 0 atom stereocenters. The fourth-order valence-electron chi connectivity index (χ4n) is 0.748. The maximum absolute atomic E-state index is 10.8. The van der Waals surface area contributed by atoms with Crippen LogP contribution in [0, 0.1) is 0 Å². The van der Waals surface area contributed by atoms with Gasteiger partial charge < -0.3 is 9.84 Å². The number of hydrogen-bond donors (Lipinski definition) is 1. The van der Waals surface area contributed by atoms with E-state index in [1.54, 1.807) is 19.2 Å². The van der Waals surface area contributed by atoms with Crippen LogP contribution in [0.5, 0.6) is 5.19 Å². The largest absolute Gasteiger partial charge is 0.481 e. The molecule has 0 aliphatic carbocycles. The Morgan fingerprint density at radius 3 is 2.69 bits per heavy atom. The molecule has 13 heavy (non-hydrogen) atoms. The first-order valence-corrected chi connectivity index (χ1v) is 4.60. The molecule has 72 valence electrons. The van der Waals surface area contributed by atoms with Crippen molar-refractivity contribution in [2.24, 2.45) is 0 Å². The van der Waals surface area contributed by atoms with Gasteiger partial charge in [-0.15, -0.1) is 0 Å². The number of carboxylic acid groups (broad SMARTS) is 1. The Balaban J connectivity index is 3.00. The van der Waals surface area contributed by atoms with Crippen molar-refractivity contribution in [3.05, 3.63) is 11.1 Å². The van der Waals surface area contributed by atoms with Crippen LogP contribution < -0.4 is 4.74 Å². The summed E-state index contributed by atoms with van der Waals surface area (Å²) >= 11 is 1.30. The summed E-state index contributed by atoms with van der Waals surface area (Å²) in [5.41, 5.74) is -0.422. The molecule has 0 saturated heterocycles. The Morgan fingerprint density at radius 1 is 1.69 bits per heavy atom. The number of methoxy groups -OCH3 is 1. The van der Waals surface area contributed by atoms with Gasteiger partial charge in [0, 0.05) is 5.38 Å². The molecule has 0 fully saturated rings. The van der Waals surface area contributed by atoms with E-state index in [4.69, 9.17) is 9.84 Å². The first-order chi connectivity index (χ1) is 5.98. The lowest BCUT2D eigenvalue weighted by Gasteiger charge is -2.15. The van der Waals surface area contributed by atoms with E-state index in [-0.39, 0.29) is 0 Å². The van der Waals surface area contributed by atoms with Crippen molar-refractivity contribution in [2.45, 2.75) is 19.3 Å². The molecule has 0 unspecified atom stereocenters. The zero-order chi connectivity index (χ0) is 10.1. The minimum Gasteiger partial charge on any atom is -0.481 e. The van der Waals surface area contributed by atoms with Crippen molar-refractivity contribution in [2.75, 3.05) is 7.11 Å². The van der Waals surface area contributed by atoms with E-state index in [2.05, 4.69) is 4.98 Å². The summed E-state index contributed by atoms with van der Waals surface area (Å²) in [4.78, 5) is 14.9. The fourth-order valence-corrected chi connectivity index (χ4v) is 1.55. The molecule has 0 aliphatic heterocycles. The number of thiazole rings is 1. The van der Waals surface area contributed by atoms with Gasteiger partial charge in [-0.25, -0.2) is 4.98 Å². The second-order valence-electron chi connectivity index (χ2n) is 3.13. The Kier molecular flexibility index (Phi) is 2.56. The Labute approximate surface area is 80.2 Å². The van der Waals surface area contributed by atoms with Crippen molar-refractivity contribution in [1.82, 2.24) is 4.98 Å². The van der Waals surface area contributed by atoms with Crippen LogP contribution in [0.15, 0.2) is 5.38 Å². The van der Waals surface area contributed by atoms with Gasteiger partial charge in [-0.2, -0.15) is 0 Å². The van der Waals surface area contributed by atoms with Crippen molar-refractivity contribution >= 4 is 17.3 Å². The van der Waals surface area contributed by atoms with Crippen molar-refractivity contribution < 1.29 is 14.6 Å². The normalized spacial score (nSPS) is 11.3. The van der Waals surface area contributed by atoms with Gasteiger partial charge >= 0.3 is 5.97 Å². The maximum atomic E-state index is 10.8. The van der Waals surface area contributed by atoms with Crippen molar-refractivity contribution in [1.29, 1.82) is 0 Å². The van der Waals surface area contributed by atoms with Gasteiger partial charge in [0.2, 0.25) is 0 Å². The van der Waals surface area contributed by atoms with E-state index >= 15 is 0 Å². The highest BCUT2D eigenvalue weighted by molar-refractivity contribution is 7.11. The molecule has 0 bridgehead atoms. The molecular weight excluding hydrogens is 190 g/mol. The molecule has 0 spiro atoms. The van der Waals surface area contributed by atoms with Crippen LogP contribution in [0.25, 0.3) is 0 Å². The van der Waals surface area contributed by atoms with Gasteiger partial charge in [0.15, 0.2) is 0 Å². The minimum atomic E-state index is -0.951. The van der Waals surface area contributed by atoms with E-state index in [0.29, 0.717) is 10.9 Å². The highest BCUT2D eigenvalue weighted by atomic mass is 32.1. The summed E-state index contributed by atoms with van der Waals surface area (Å²) in [7, 11) is 1.51. The molecule has 0 radical (unpaired) electrons. The molecule has 1 aromatic heterocycles. The van der Waals surface area contributed by atoms with Crippen LogP contribution in [0.1, 0.15) is 19.5 Å². The summed E-state index contributed by atoms with van der Waals surface area (Å²) in [6.45, 7) is 3.23. The average molecular weight is 201 g/mol. The monoisotopic (exact) mass is 201 g/mol. The quantitative estimate of drug-likeness (QED) is 0.805. The van der Waals surface area contributed by atoms with Gasteiger partial charge in [-0.05, 0) is 13.8 Å². The summed E-state index contributed by atoms with van der Waals surface area (Å²) in [5, 5.41) is 11.1. The molecule has 1 aromatic rings. The van der Waals surface area contributed by atoms with Crippen molar-refractivity contribution in [3.63, 3.8) is 0 Å². The van der Waals surface area contributed by atoms with Crippen LogP contribution in [-0.4, -0.2) is 23.2 Å². The van der Waals surface area contributed by atoms with Crippen LogP contribution in [0.4, 0.5) is 0 Å². The number of aromatic nitrogens is 1. The van der Waals surface area contributed by atoms with Gasteiger partial charge in [-0.1, -0.05) is 11.3 Å². The molecule has 0 saturated carbocycles. The molecule has 0 aliphatic rings. The Hall–Kier alpha value is -1.10. The first kappa shape index (κ1) is 9.98. The molecule has 1 rings (SSSR count). The van der Waals surface area contributed by atoms with Crippen LogP contribution in [-0.2, 0) is 10.2 Å². The topological polar surface area (TPSA) is 59.4 Å². The smallest absolute Gasteiger partial charge is 0.315 e. The van der Waals surface area contributed by atoms with Gasteiger partial charge in [0.25, 0.3) is 5.19 Å². The number of rotatable bonds is 3. The molecular formula is C8H11NO3S. The summed E-state index contributed by atoms with van der Waals surface area (Å²) in [5.74, 6) is -0.888. The number of hydrogen-bond acceptors (Lipinski definition) is 4. The lowest BCUT2D eigenvalue weighted by atomic mass is 9.91. The zero-order valence-corrected chi connectivity index (χ0v) is 8.51.